The topological polar surface area (TPSA) is 52.5 Å². The normalized spacial score (nSPS) is 19.2. The van der Waals surface area contributed by atoms with Gasteiger partial charge in [0.25, 0.3) is 0 Å². The molecule has 2 atom stereocenters. The number of para-hydroxylation sites is 1. The lowest BCUT2D eigenvalue weighted by Gasteiger charge is -2.38. The van der Waals surface area contributed by atoms with E-state index in [2.05, 4.69) is 34.1 Å². The molecule has 0 amide bonds. The highest BCUT2D eigenvalue weighted by molar-refractivity contribution is 9.11. The van der Waals surface area contributed by atoms with E-state index in [0.717, 1.165) is 37.7 Å². The molecule has 2 aromatic carbocycles. The van der Waals surface area contributed by atoms with Crippen molar-refractivity contribution in [3.05, 3.63) is 68.3 Å². The summed E-state index contributed by atoms with van der Waals surface area (Å²) in [6, 6.07) is 16.2. The smallest absolute Gasteiger partial charge is 0.217 e. The Morgan fingerprint density at radius 2 is 1.77 bits per heavy atom. The maximum atomic E-state index is 6.47. The first-order valence-corrected chi connectivity index (χ1v) is 11.4. The number of hydrazone groups is 1. The largest absolute Gasteiger partial charge is 0.493 e. The van der Waals surface area contributed by atoms with E-state index in [1.807, 2.05) is 35.3 Å². The molecule has 5 rings (SSSR count). The number of hydrogen-bond donors (Lipinski definition) is 0. The summed E-state index contributed by atoms with van der Waals surface area (Å²) in [6.07, 6.45) is 0.343. The van der Waals surface area contributed by atoms with Crippen LogP contribution in [0.15, 0.2) is 57.4 Å². The first kappa shape index (κ1) is 20.2. The van der Waals surface area contributed by atoms with Gasteiger partial charge in [-0.25, -0.2) is 5.01 Å². The zero-order chi connectivity index (χ0) is 21.5. The number of fused-ring (bicyclic) bond motifs is 3. The Morgan fingerprint density at radius 1 is 0.968 bits per heavy atom. The van der Waals surface area contributed by atoms with Crippen molar-refractivity contribution >= 4 is 33.0 Å². The summed E-state index contributed by atoms with van der Waals surface area (Å²) in [5, 5.41) is 7.05. The molecule has 3 heterocycles. The summed E-state index contributed by atoms with van der Waals surface area (Å²) in [5.74, 6) is 2.57. The minimum absolute atomic E-state index is 0.0728. The fourth-order valence-electron chi connectivity index (χ4n) is 4.18. The molecule has 2 aliphatic rings. The van der Waals surface area contributed by atoms with E-state index < -0.39 is 6.23 Å². The molecule has 2 aliphatic heterocycles. The molecule has 2 unspecified atom stereocenters. The monoisotopic (exact) mass is 500 g/mol. The van der Waals surface area contributed by atoms with Crippen LogP contribution in [-0.2, 0) is 0 Å². The molecule has 1 aromatic heterocycles. The van der Waals surface area contributed by atoms with Crippen molar-refractivity contribution in [2.75, 3.05) is 21.3 Å². The Morgan fingerprint density at radius 3 is 2.48 bits per heavy atom. The van der Waals surface area contributed by atoms with Crippen LogP contribution in [0.25, 0.3) is 0 Å². The zero-order valence-corrected chi connectivity index (χ0v) is 19.7. The standard InChI is InChI=1S/C23H21BrN2O4S/c1-27-18-9-8-14(21(28-2)22(18)29-3)23-26-16(13-6-4-5-7-17(13)30-23)12-15(25-26)19-10-11-20(24)31-19/h4-11,16,23H,12H2,1-3H3. The maximum Gasteiger partial charge on any atom is 0.217 e. The molecule has 0 saturated heterocycles. The molecular formula is C23H21BrN2O4S. The van der Waals surface area contributed by atoms with Gasteiger partial charge in [0.1, 0.15) is 5.75 Å². The van der Waals surface area contributed by atoms with E-state index in [9.17, 15) is 0 Å². The van der Waals surface area contributed by atoms with E-state index in [-0.39, 0.29) is 6.04 Å². The number of benzene rings is 2. The quantitative estimate of drug-likeness (QED) is 0.444. The molecule has 0 aliphatic carbocycles. The molecule has 0 fully saturated rings. The van der Waals surface area contributed by atoms with Crippen molar-refractivity contribution in [1.29, 1.82) is 0 Å². The third-order valence-electron chi connectivity index (χ3n) is 5.56. The summed E-state index contributed by atoms with van der Waals surface area (Å²) in [4.78, 5) is 1.15. The lowest BCUT2D eigenvalue weighted by atomic mass is 9.97. The lowest BCUT2D eigenvalue weighted by Crippen LogP contribution is -2.34. The van der Waals surface area contributed by atoms with Gasteiger partial charge in [-0.05, 0) is 46.3 Å². The molecule has 0 N–H and O–H groups in total. The highest BCUT2D eigenvalue weighted by Crippen LogP contribution is 2.51. The van der Waals surface area contributed by atoms with Gasteiger partial charge < -0.3 is 18.9 Å². The van der Waals surface area contributed by atoms with Gasteiger partial charge in [-0.2, -0.15) is 5.10 Å². The average Bonchev–Trinajstić information content (AvgIpc) is 3.44. The summed E-state index contributed by atoms with van der Waals surface area (Å²) in [7, 11) is 4.83. The molecule has 0 saturated carbocycles. The summed E-state index contributed by atoms with van der Waals surface area (Å²) >= 11 is 5.25. The van der Waals surface area contributed by atoms with Crippen LogP contribution in [0.4, 0.5) is 0 Å². The van der Waals surface area contributed by atoms with Crippen molar-refractivity contribution in [2.24, 2.45) is 5.10 Å². The van der Waals surface area contributed by atoms with E-state index in [1.165, 1.54) is 0 Å². The number of hydrogen-bond acceptors (Lipinski definition) is 7. The summed E-state index contributed by atoms with van der Waals surface area (Å²) in [5.41, 5.74) is 3.01. The van der Waals surface area contributed by atoms with Crippen LogP contribution in [0.3, 0.4) is 0 Å². The average molecular weight is 501 g/mol. The minimum Gasteiger partial charge on any atom is -0.493 e. The molecule has 0 radical (unpaired) electrons. The van der Waals surface area contributed by atoms with Crippen LogP contribution in [0.1, 0.15) is 34.7 Å². The summed E-state index contributed by atoms with van der Waals surface area (Å²) < 4.78 is 24.4. The van der Waals surface area contributed by atoms with E-state index in [1.54, 1.807) is 32.7 Å². The van der Waals surface area contributed by atoms with Gasteiger partial charge in [-0.3, -0.25) is 0 Å². The van der Waals surface area contributed by atoms with Gasteiger partial charge in [-0.1, -0.05) is 18.2 Å². The molecule has 31 heavy (non-hydrogen) atoms. The SMILES string of the molecule is COc1ccc(C2Oc3ccccc3C3CC(c4ccc(Br)s4)=NN32)c(OC)c1OC. The first-order valence-electron chi connectivity index (χ1n) is 9.80. The van der Waals surface area contributed by atoms with Crippen LogP contribution in [0.5, 0.6) is 23.0 Å². The van der Waals surface area contributed by atoms with Gasteiger partial charge in [0.05, 0.1) is 47.3 Å². The second kappa shape index (κ2) is 8.09. The molecule has 0 spiro atoms. The number of ether oxygens (including phenoxy) is 4. The minimum atomic E-state index is -0.462. The Bertz CT molecular complexity index is 1160. The highest BCUT2D eigenvalue weighted by atomic mass is 79.9. The van der Waals surface area contributed by atoms with Crippen LogP contribution in [0, 0.1) is 0 Å². The maximum absolute atomic E-state index is 6.47. The van der Waals surface area contributed by atoms with Crippen molar-refractivity contribution < 1.29 is 18.9 Å². The Hall–Kier alpha value is -2.71. The van der Waals surface area contributed by atoms with E-state index in [4.69, 9.17) is 24.0 Å². The fourth-order valence-corrected chi connectivity index (χ4v) is 5.56. The predicted octanol–water partition coefficient (Wildman–Crippen LogP) is 5.78. The second-order valence-corrected chi connectivity index (χ2v) is 9.64. The van der Waals surface area contributed by atoms with E-state index in [0.29, 0.717) is 17.2 Å². The van der Waals surface area contributed by atoms with Gasteiger partial charge in [0.2, 0.25) is 12.0 Å². The van der Waals surface area contributed by atoms with E-state index >= 15 is 0 Å². The predicted molar refractivity (Wildman–Crippen MR) is 124 cm³/mol. The Balaban J connectivity index is 1.64. The van der Waals surface area contributed by atoms with Crippen LogP contribution in [0.2, 0.25) is 0 Å². The van der Waals surface area contributed by atoms with Crippen LogP contribution in [-0.4, -0.2) is 32.0 Å². The third kappa shape index (κ3) is 3.34. The summed E-state index contributed by atoms with van der Waals surface area (Å²) in [6.45, 7) is 0. The van der Waals surface area contributed by atoms with Gasteiger partial charge in [0.15, 0.2) is 11.5 Å². The zero-order valence-electron chi connectivity index (χ0n) is 17.3. The molecule has 8 heteroatoms. The second-order valence-electron chi connectivity index (χ2n) is 7.18. The Labute approximate surface area is 193 Å². The number of halogens is 1. The van der Waals surface area contributed by atoms with Gasteiger partial charge >= 0.3 is 0 Å². The number of rotatable bonds is 5. The van der Waals surface area contributed by atoms with Crippen molar-refractivity contribution in [3.8, 4) is 23.0 Å². The van der Waals surface area contributed by atoms with Crippen molar-refractivity contribution in [1.82, 2.24) is 5.01 Å². The molecule has 3 aromatic rings. The Kier molecular flexibility index (Phi) is 5.27. The van der Waals surface area contributed by atoms with Gasteiger partial charge in [0, 0.05) is 12.0 Å². The first-order chi connectivity index (χ1) is 15.1. The van der Waals surface area contributed by atoms with Crippen LogP contribution >= 0.6 is 27.3 Å². The highest BCUT2D eigenvalue weighted by Gasteiger charge is 2.42. The molecular weight excluding hydrogens is 480 g/mol. The number of methoxy groups -OCH3 is 3. The molecule has 6 nitrogen and oxygen atoms in total. The van der Waals surface area contributed by atoms with Crippen molar-refractivity contribution in [2.45, 2.75) is 18.7 Å². The fraction of sp³-hybridized carbons (Fsp3) is 0.261. The third-order valence-corrected chi connectivity index (χ3v) is 7.23. The van der Waals surface area contributed by atoms with Crippen molar-refractivity contribution in [3.63, 3.8) is 0 Å². The van der Waals surface area contributed by atoms with Crippen LogP contribution < -0.4 is 18.9 Å². The molecule has 0 bridgehead atoms. The van der Waals surface area contributed by atoms with Gasteiger partial charge in [-0.15, -0.1) is 11.3 Å². The number of nitrogens with zero attached hydrogens (tertiary/aromatic N) is 2. The number of thiophene rings is 1. The molecule has 160 valence electrons. The lowest BCUT2D eigenvalue weighted by molar-refractivity contribution is -0.0205.